The SMILES string of the molecule is Nc1c(Br)cc(Cl)nc1C(F)F. The molecule has 6 heteroatoms. The summed E-state index contributed by atoms with van der Waals surface area (Å²) in [5.74, 6) is 0. The Hall–Kier alpha value is -0.420. The highest BCUT2D eigenvalue weighted by Crippen LogP contribution is 2.31. The Labute approximate surface area is 80.9 Å². The number of alkyl halides is 2. The zero-order valence-corrected chi connectivity index (χ0v) is 8.03. The Morgan fingerprint density at radius 3 is 2.67 bits per heavy atom. The number of pyridine rings is 1. The van der Waals surface area contributed by atoms with E-state index in [1.165, 1.54) is 6.07 Å². The molecule has 0 saturated carbocycles. The van der Waals surface area contributed by atoms with Gasteiger partial charge >= 0.3 is 0 Å². The highest BCUT2D eigenvalue weighted by atomic mass is 79.9. The first-order chi connectivity index (χ1) is 5.52. The number of hydrogen-bond acceptors (Lipinski definition) is 2. The average molecular weight is 257 g/mol. The Kier molecular flexibility index (Phi) is 2.85. The molecule has 0 amide bonds. The highest BCUT2D eigenvalue weighted by molar-refractivity contribution is 9.10. The molecule has 0 aromatic carbocycles. The van der Waals surface area contributed by atoms with E-state index in [0.717, 1.165) is 0 Å². The Morgan fingerprint density at radius 2 is 2.17 bits per heavy atom. The summed E-state index contributed by atoms with van der Waals surface area (Å²) in [5.41, 5.74) is 4.74. The van der Waals surface area contributed by atoms with Gasteiger partial charge < -0.3 is 5.73 Å². The third-order valence-electron chi connectivity index (χ3n) is 1.21. The van der Waals surface area contributed by atoms with E-state index in [-0.39, 0.29) is 10.8 Å². The van der Waals surface area contributed by atoms with Gasteiger partial charge in [0.15, 0.2) is 0 Å². The standard InChI is InChI=1S/C6H4BrClF2N2/c7-2-1-3(8)12-5(4(2)11)6(9)10/h1,6H,11H2. The van der Waals surface area contributed by atoms with E-state index >= 15 is 0 Å². The molecule has 0 radical (unpaired) electrons. The lowest BCUT2D eigenvalue weighted by molar-refractivity contribution is 0.147. The van der Waals surface area contributed by atoms with Crippen LogP contribution in [-0.4, -0.2) is 4.98 Å². The molecular formula is C6H4BrClF2N2. The zero-order valence-electron chi connectivity index (χ0n) is 5.69. The second-order valence-electron chi connectivity index (χ2n) is 2.03. The van der Waals surface area contributed by atoms with E-state index < -0.39 is 12.1 Å². The van der Waals surface area contributed by atoms with Crippen LogP contribution in [0.5, 0.6) is 0 Å². The van der Waals surface area contributed by atoms with Gasteiger partial charge in [0.1, 0.15) is 10.8 Å². The fourth-order valence-electron chi connectivity index (χ4n) is 0.679. The van der Waals surface area contributed by atoms with Gasteiger partial charge in [0.2, 0.25) is 0 Å². The molecule has 0 spiro atoms. The van der Waals surface area contributed by atoms with E-state index in [0.29, 0.717) is 4.47 Å². The van der Waals surface area contributed by atoms with Crippen molar-refractivity contribution in [2.24, 2.45) is 0 Å². The summed E-state index contributed by atoms with van der Waals surface area (Å²) < 4.78 is 24.7. The van der Waals surface area contributed by atoms with E-state index in [4.69, 9.17) is 17.3 Å². The molecule has 0 atom stereocenters. The molecule has 1 rings (SSSR count). The second kappa shape index (κ2) is 3.53. The first-order valence-corrected chi connectivity index (χ1v) is 4.09. The van der Waals surface area contributed by atoms with Crippen LogP contribution < -0.4 is 5.73 Å². The minimum Gasteiger partial charge on any atom is -0.396 e. The van der Waals surface area contributed by atoms with Crippen molar-refractivity contribution in [1.29, 1.82) is 0 Å². The van der Waals surface area contributed by atoms with E-state index in [1.54, 1.807) is 0 Å². The Bertz CT molecular complexity index is 306. The molecule has 2 N–H and O–H groups in total. The Morgan fingerprint density at radius 1 is 1.58 bits per heavy atom. The number of nitrogens with zero attached hydrogens (tertiary/aromatic N) is 1. The normalized spacial score (nSPS) is 10.8. The minimum atomic E-state index is -2.71. The zero-order chi connectivity index (χ0) is 9.30. The lowest BCUT2D eigenvalue weighted by atomic mass is 10.3. The van der Waals surface area contributed by atoms with Crippen LogP contribution in [0.1, 0.15) is 12.1 Å². The quantitative estimate of drug-likeness (QED) is 0.786. The number of hydrogen-bond donors (Lipinski definition) is 1. The molecule has 0 bridgehead atoms. The van der Waals surface area contributed by atoms with Crippen LogP contribution in [0.15, 0.2) is 10.5 Å². The minimum absolute atomic E-state index is 0.00799. The predicted octanol–water partition coefficient (Wildman–Crippen LogP) is 3.02. The van der Waals surface area contributed by atoms with Crippen molar-refractivity contribution in [2.45, 2.75) is 6.43 Å². The smallest absolute Gasteiger partial charge is 0.282 e. The maximum absolute atomic E-state index is 12.2. The van der Waals surface area contributed by atoms with Crippen LogP contribution in [0, 0.1) is 0 Å². The van der Waals surface area contributed by atoms with Crippen LogP contribution in [-0.2, 0) is 0 Å². The fraction of sp³-hybridized carbons (Fsp3) is 0.167. The number of nitrogens with two attached hydrogens (primary N) is 1. The van der Waals surface area contributed by atoms with Crippen molar-refractivity contribution in [2.75, 3.05) is 5.73 Å². The summed E-state index contributed by atoms with van der Waals surface area (Å²) in [6, 6.07) is 1.36. The molecule has 0 unspecified atom stereocenters. The molecule has 0 fully saturated rings. The van der Waals surface area contributed by atoms with Gasteiger partial charge in [-0.1, -0.05) is 11.6 Å². The second-order valence-corrected chi connectivity index (χ2v) is 3.27. The van der Waals surface area contributed by atoms with Crippen molar-refractivity contribution in [1.82, 2.24) is 4.98 Å². The first-order valence-electron chi connectivity index (χ1n) is 2.92. The van der Waals surface area contributed by atoms with Crippen LogP contribution in [0.25, 0.3) is 0 Å². The first kappa shape index (κ1) is 9.67. The molecule has 0 saturated heterocycles. The Balaban J connectivity index is 3.28. The van der Waals surface area contributed by atoms with Gasteiger partial charge in [0.05, 0.1) is 5.69 Å². The summed E-state index contributed by atoms with van der Waals surface area (Å²) in [5, 5.41) is -0.00799. The lowest BCUT2D eigenvalue weighted by Crippen LogP contribution is -1.99. The summed E-state index contributed by atoms with van der Waals surface area (Å²) in [6.45, 7) is 0. The number of anilines is 1. The molecule has 2 nitrogen and oxygen atoms in total. The lowest BCUT2D eigenvalue weighted by Gasteiger charge is -2.05. The fourth-order valence-corrected chi connectivity index (χ4v) is 1.43. The number of nitrogen functional groups attached to an aromatic ring is 1. The van der Waals surface area contributed by atoms with Crippen LogP contribution in [0.3, 0.4) is 0 Å². The molecule has 1 aromatic heterocycles. The summed E-state index contributed by atoms with van der Waals surface area (Å²) in [7, 11) is 0. The van der Waals surface area contributed by atoms with Gasteiger partial charge in [-0.05, 0) is 22.0 Å². The van der Waals surface area contributed by atoms with Gasteiger partial charge in [-0.15, -0.1) is 0 Å². The van der Waals surface area contributed by atoms with E-state index in [2.05, 4.69) is 20.9 Å². The van der Waals surface area contributed by atoms with E-state index in [9.17, 15) is 8.78 Å². The number of rotatable bonds is 1. The van der Waals surface area contributed by atoms with Crippen LogP contribution in [0.2, 0.25) is 5.15 Å². The molecule has 0 aliphatic heterocycles. The maximum Gasteiger partial charge on any atom is 0.282 e. The topological polar surface area (TPSA) is 38.9 Å². The van der Waals surface area contributed by atoms with Crippen molar-refractivity contribution in [3.05, 3.63) is 21.4 Å². The number of halogens is 4. The van der Waals surface area contributed by atoms with Crippen molar-refractivity contribution in [3.63, 3.8) is 0 Å². The largest absolute Gasteiger partial charge is 0.396 e. The molecular weight excluding hydrogens is 253 g/mol. The van der Waals surface area contributed by atoms with Crippen molar-refractivity contribution in [3.8, 4) is 0 Å². The van der Waals surface area contributed by atoms with Crippen molar-refractivity contribution >= 4 is 33.2 Å². The highest BCUT2D eigenvalue weighted by Gasteiger charge is 2.16. The molecule has 1 aromatic rings. The van der Waals surface area contributed by atoms with Gasteiger partial charge in [-0.25, -0.2) is 13.8 Å². The molecule has 1 heterocycles. The molecule has 0 aliphatic carbocycles. The predicted molar refractivity (Wildman–Crippen MR) is 46.3 cm³/mol. The summed E-state index contributed by atoms with van der Waals surface area (Å²) in [6.07, 6.45) is -2.71. The maximum atomic E-state index is 12.2. The van der Waals surface area contributed by atoms with Gasteiger partial charge in [-0.3, -0.25) is 0 Å². The number of aromatic nitrogens is 1. The van der Waals surface area contributed by atoms with Crippen LogP contribution >= 0.6 is 27.5 Å². The third kappa shape index (κ3) is 1.84. The van der Waals surface area contributed by atoms with Gasteiger partial charge in [0.25, 0.3) is 6.43 Å². The van der Waals surface area contributed by atoms with Gasteiger partial charge in [0, 0.05) is 4.47 Å². The molecule has 66 valence electrons. The average Bonchev–Trinajstić information content (AvgIpc) is 1.96. The van der Waals surface area contributed by atoms with E-state index in [1.807, 2.05) is 0 Å². The van der Waals surface area contributed by atoms with Gasteiger partial charge in [-0.2, -0.15) is 0 Å². The molecule has 12 heavy (non-hydrogen) atoms. The van der Waals surface area contributed by atoms with Crippen molar-refractivity contribution < 1.29 is 8.78 Å². The van der Waals surface area contributed by atoms with Crippen LogP contribution in [0.4, 0.5) is 14.5 Å². The molecule has 0 aliphatic rings. The summed E-state index contributed by atoms with van der Waals surface area (Å²) >= 11 is 8.42. The third-order valence-corrected chi connectivity index (χ3v) is 2.06. The monoisotopic (exact) mass is 256 g/mol. The summed E-state index contributed by atoms with van der Waals surface area (Å²) in [4.78, 5) is 3.39.